The number of rotatable bonds is 5. The third kappa shape index (κ3) is 4.20. The van der Waals surface area contributed by atoms with Gasteiger partial charge in [0.1, 0.15) is 15.6 Å². The van der Waals surface area contributed by atoms with Gasteiger partial charge in [-0.15, -0.1) is 11.3 Å². The zero-order valence-corrected chi connectivity index (χ0v) is 19.4. The normalized spacial score (nSPS) is 14.1. The summed E-state index contributed by atoms with van der Waals surface area (Å²) in [6, 6.07) is 16.5. The molecule has 2 aromatic carbocycles. The first-order valence-corrected chi connectivity index (χ1v) is 12.7. The summed E-state index contributed by atoms with van der Waals surface area (Å²) in [7, 11) is -3.82. The van der Waals surface area contributed by atoms with Crippen LogP contribution in [0.4, 0.5) is 5.69 Å². The van der Waals surface area contributed by atoms with Crippen LogP contribution in [0.3, 0.4) is 0 Å². The minimum Gasteiger partial charge on any atom is -0.321 e. The summed E-state index contributed by atoms with van der Waals surface area (Å²) < 4.78 is 28.3. The Morgan fingerprint density at radius 3 is 2.73 bits per heavy atom. The Kier molecular flexibility index (Phi) is 5.57. The van der Waals surface area contributed by atoms with Gasteiger partial charge in [-0.2, -0.15) is 9.40 Å². The summed E-state index contributed by atoms with van der Waals surface area (Å²) in [5, 5.41) is 11.4. The first kappa shape index (κ1) is 21.5. The van der Waals surface area contributed by atoms with Crippen LogP contribution >= 0.6 is 11.3 Å². The van der Waals surface area contributed by atoms with E-state index >= 15 is 0 Å². The Labute approximate surface area is 195 Å². The first-order valence-electron chi connectivity index (χ1n) is 10.4. The molecule has 0 spiro atoms. The van der Waals surface area contributed by atoms with Crippen molar-refractivity contribution in [2.45, 2.75) is 24.8 Å². The molecule has 4 aromatic rings. The van der Waals surface area contributed by atoms with Gasteiger partial charge in [0, 0.05) is 24.3 Å². The van der Waals surface area contributed by atoms with Crippen LogP contribution in [-0.4, -0.2) is 40.4 Å². The summed E-state index contributed by atoms with van der Waals surface area (Å²) in [6.07, 6.45) is 0.647. The van der Waals surface area contributed by atoms with Crippen molar-refractivity contribution in [3.8, 4) is 11.4 Å². The van der Waals surface area contributed by atoms with Gasteiger partial charge in [-0.25, -0.2) is 13.4 Å². The highest BCUT2D eigenvalue weighted by molar-refractivity contribution is 7.89. The van der Waals surface area contributed by atoms with Crippen molar-refractivity contribution in [3.63, 3.8) is 0 Å². The molecule has 0 bridgehead atoms. The lowest BCUT2D eigenvalue weighted by molar-refractivity contribution is 0.102. The number of nitrogens with one attached hydrogen (secondary N) is 2. The van der Waals surface area contributed by atoms with Crippen LogP contribution in [0, 0.1) is 6.92 Å². The minimum absolute atomic E-state index is 0.0325. The largest absolute Gasteiger partial charge is 0.321 e. The summed E-state index contributed by atoms with van der Waals surface area (Å²) in [6.45, 7) is 2.49. The van der Waals surface area contributed by atoms with Gasteiger partial charge in [-0.3, -0.25) is 9.89 Å². The van der Waals surface area contributed by atoms with Gasteiger partial charge in [0.15, 0.2) is 5.82 Å². The molecule has 0 fully saturated rings. The number of aryl methyl sites for hydroxylation is 1. The van der Waals surface area contributed by atoms with Crippen molar-refractivity contribution >= 4 is 33.0 Å². The SMILES string of the molecule is Cc1nc(-c2cccc(NC(=O)c3sccc3S(=O)(=O)N3CCc4ccccc4C3)c2)n[nH]1. The van der Waals surface area contributed by atoms with E-state index in [4.69, 9.17) is 0 Å². The number of carbonyl (C=O) groups is 1. The lowest BCUT2D eigenvalue weighted by Crippen LogP contribution is -2.36. The van der Waals surface area contributed by atoms with E-state index in [-0.39, 0.29) is 9.77 Å². The number of hydrogen-bond acceptors (Lipinski definition) is 6. The highest BCUT2D eigenvalue weighted by Gasteiger charge is 2.32. The zero-order valence-electron chi connectivity index (χ0n) is 17.8. The van der Waals surface area contributed by atoms with Crippen LogP contribution in [0.15, 0.2) is 64.9 Å². The molecule has 0 unspecified atom stereocenters. The standard InChI is InChI=1S/C23H21N5O3S2/c1-15-24-22(27-26-15)17-7-4-8-19(13-17)25-23(29)21-20(10-12-32-21)33(30,31)28-11-9-16-5-2-3-6-18(16)14-28/h2-8,10,12-13H,9,11,14H2,1H3,(H,25,29)(H,24,26,27). The molecule has 33 heavy (non-hydrogen) atoms. The van der Waals surface area contributed by atoms with Crippen LogP contribution in [0.25, 0.3) is 11.4 Å². The predicted octanol–water partition coefficient (Wildman–Crippen LogP) is 3.84. The van der Waals surface area contributed by atoms with Gasteiger partial charge in [0.05, 0.1) is 0 Å². The van der Waals surface area contributed by atoms with Crippen molar-refractivity contribution in [2.24, 2.45) is 0 Å². The molecule has 0 atom stereocenters. The molecule has 8 nitrogen and oxygen atoms in total. The fourth-order valence-electron chi connectivity index (χ4n) is 3.88. The fraction of sp³-hybridized carbons (Fsp3) is 0.174. The highest BCUT2D eigenvalue weighted by Crippen LogP contribution is 2.30. The molecule has 0 saturated heterocycles. The van der Waals surface area contributed by atoms with Crippen molar-refractivity contribution in [3.05, 3.63) is 81.8 Å². The number of H-pyrrole nitrogens is 1. The quantitative estimate of drug-likeness (QED) is 0.452. The smallest absolute Gasteiger partial charge is 0.267 e. The molecule has 3 heterocycles. The summed E-state index contributed by atoms with van der Waals surface area (Å²) in [5.41, 5.74) is 3.42. The molecule has 0 radical (unpaired) electrons. The van der Waals surface area contributed by atoms with Gasteiger partial charge in [-0.05, 0) is 48.1 Å². The number of thiophene rings is 1. The van der Waals surface area contributed by atoms with E-state index in [1.54, 1.807) is 23.6 Å². The van der Waals surface area contributed by atoms with Gasteiger partial charge < -0.3 is 5.32 Å². The number of sulfonamides is 1. The van der Waals surface area contributed by atoms with E-state index in [1.807, 2.05) is 37.3 Å². The molecule has 1 amide bonds. The number of hydrogen-bond donors (Lipinski definition) is 2. The maximum Gasteiger partial charge on any atom is 0.267 e. The number of amides is 1. The van der Waals surface area contributed by atoms with Crippen molar-refractivity contribution in [1.29, 1.82) is 0 Å². The van der Waals surface area contributed by atoms with E-state index in [9.17, 15) is 13.2 Å². The molecule has 5 rings (SSSR count). The third-order valence-electron chi connectivity index (χ3n) is 5.52. The number of nitrogens with zero attached hydrogens (tertiary/aromatic N) is 3. The maximum atomic E-state index is 13.4. The van der Waals surface area contributed by atoms with E-state index in [0.717, 1.165) is 28.0 Å². The zero-order chi connectivity index (χ0) is 23.0. The molecule has 1 aliphatic rings. The second-order valence-corrected chi connectivity index (χ2v) is 10.6. The number of aromatic nitrogens is 3. The molecule has 2 aromatic heterocycles. The fourth-order valence-corrected chi connectivity index (χ4v) is 6.59. The van der Waals surface area contributed by atoms with Gasteiger partial charge in [-0.1, -0.05) is 36.4 Å². The van der Waals surface area contributed by atoms with E-state index in [2.05, 4.69) is 20.5 Å². The lowest BCUT2D eigenvalue weighted by atomic mass is 10.0. The molecule has 2 N–H and O–H groups in total. The van der Waals surface area contributed by atoms with Gasteiger partial charge in [0.25, 0.3) is 5.91 Å². The topological polar surface area (TPSA) is 108 Å². The average molecular weight is 480 g/mol. The van der Waals surface area contributed by atoms with Gasteiger partial charge in [0.2, 0.25) is 10.0 Å². The van der Waals surface area contributed by atoms with Crippen LogP contribution < -0.4 is 5.32 Å². The summed E-state index contributed by atoms with van der Waals surface area (Å²) in [4.78, 5) is 17.6. The summed E-state index contributed by atoms with van der Waals surface area (Å²) in [5.74, 6) is 0.742. The Morgan fingerprint density at radius 2 is 1.94 bits per heavy atom. The monoisotopic (exact) mass is 479 g/mol. The molecular formula is C23H21N5O3S2. The maximum absolute atomic E-state index is 13.4. The van der Waals surface area contributed by atoms with Crippen molar-refractivity contribution in [1.82, 2.24) is 19.5 Å². The van der Waals surface area contributed by atoms with Crippen LogP contribution in [-0.2, 0) is 23.0 Å². The minimum atomic E-state index is -3.82. The molecule has 10 heteroatoms. The van der Waals surface area contributed by atoms with Crippen molar-refractivity contribution in [2.75, 3.05) is 11.9 Å². The second kappa shape index (κ2) is 8.54. The Balaban J connectivity index is 1.38. The summed E-state index contributed by atoms with van der Waals surface area (Å²) >= 11 is 1.11. The molecule has 0 aliphatic carbocycles. The van der Waals surface area contributed by atoms with E-state index in [1.165, 1.54) is 10.4 Å². The number of fused-ring (bicyclic) bond motifs is 1. The third-order valence-corrected chi connectivity index (χ3v) is 8.45. The van der Waals surface area contributed by atoms with Crippen LogP contribution in [0.5, 0.6) is 0 Å². The number of aromatic amines is 1. The Bertz CT molecular complexity index is 1440. The molecule has 1 aliphatic heterocycles. The number of anilines is 1. The van der Waals surface area contributed by atoms with Crippen LogP contribution in [0.2, 0.25) is 0 Å². The number of carbonyl (C=O) groups excluding carboxylic acids is 1. The average Bonchev–Trinajstić information content (AvgIpc) is 3.49. The Hall–Kier alpha value is -3.34. The van der Waals surface area contributed by atoms with E-state index < -0.39 is 15.9 Å². The lowest BCUT2D eigenvalue weighted by Gasteiger charge is -2.28. The Morgan fingerprint density at radius 1 is 1.12 bits per heavy atom. The molecule has 0 saturated carbocycles. The molecule has 168 valence electrons. The first-order chi connectivity index (χ1) is 15.9. The second-order valence-electron chi connectivity index (χ2n) is 7.75. The molecular weight excluding hydrogens is 458 g/mol. The van der Waals surface area contributed by atoms with E-state index in [0.29, 0.717) is 36.8 Å². The van der Waals surface area contributed by atoms with Gasteiger partial charge >= 0.3 is 0 Å². The van der Waals surface area contributed by atoms with Crippen molar-refractivity contribution < 1.29 is 13.2 Å². The van der Waals surface area contributed by atoms with Crippen LogP contribution in [0.1, 0.15) is 26.6 Å². The predicted molar refractivity (Wildman–Crippen MR) is 127 cm³/mol. The number of benzene rings is 2. The highest BCUT2D eigenvalue weighted by atomic mass is 32.2.